The highest BCUT2D eigenvalue weighted by Gasteiger charge is 2.24. The summed E-state index contributed by atoms with van der Waals surface area (Å²) in [5.74, 6) is 3.38. The quantitative estimate of drug-likeness (QED) is 0.443. The lowest BCUT2D eigenvalue weighted by Crippen LogP contribution is -2.42. The largest absolute Gasteiger partial charge is 0.357 e. The molecule has 3 nitrogen and oxygen atoms in total. The molecule has 0 aromatic carbocycles. The zero-order valence-electron chi connectivity index (χ0n) is 10.1. The van der Waals surface area contributed by atoms with Crippen molar-refractivity contribution in [3.05, 3.63) is 0 Å². The molecule has 90 valence electrons. The molecule has 1 aliphatic rings. The van der Waals surface area contributed by atoms with E-state index in [1.54, 1.807) is 0 Å². The monoisotopic (exact) mass is 239 g/mol. The Balaban J connectivity index is 2.40. The second-order valence-corrected chi connectivity index (χ2v) is 5.05. The molecule has 2 N–H and O–H groups in total. The molecule has 4 heteroatoms. The maximum Gasteiger partial charge on any atom is 0.192 e. The van der Waals surface area contributed by atoms with Crippen LogP contribution in [-0.4, -0.2) is 36.6 Å². The van der Waals surface area contributed by atoms with E-state index in [1.165, 1.54) is 19.3 Å². The van der Waals surface area contributed by atoms with Crippen molar-refractivity contribution in [2.24, 2.45) is 4.99 Å². The highest BCUT2D eigenvalue weighted by molar-refractivity contribution is 7.99. The molecule has 16 heavy (non-hydrogen) atoms. The molecule has 0 aromatic heterocycles. The molecule has 0 bridgehead atoms. The molecule has 0 heterocycles. The Labute approximate surface area is 103 Å². The summed E-state index contributed by atoms with van der Waals surface area (Å²) in [4.78, 5) is 4.30. The van der Waals surface area contributed by atoms with E-state index in [9.17, 15) is 0 Å². The molecular formula is C12H21N3S. The van der Waals surface area contributed by atoms with Crippen LogP contribution in [0.2, 0.25) is 0 Å². The SMILES string of the molecule is C#CCN=C(NCC)NC1CCC(SC)C1. The predicted octanol–water partition coefficient (Wildman–Crippen LogP) is 1.46. The fraction of sp³-hybridized carbons (Fsp3) is 0.750. The van der Waals surface area contributed by atoms with Crippen molar-refractivity contribution in [1.29, 1.82) is 0 Å². The van der Waals surface area contributed by atoms with E-state index in [0.717, 1.165) is 17.8 Å². The van der Waals surface area contributed by atoms with Gasteiger partial charge in [0.1, 0.15) is 6.54 Å². The van der Waals surface area contributed by atoms with Gasteiger partial charge in [-0.05, 0) is 32.4 Å². The number of rotatable bonds is 4. The number of guanidine groups is 1. The molecule has 1 fully saturated rings. The predicted molar refractivity (Wildman–Crippen MR) is 72.9 cm³/mol. The molecule has 0 spiro atoms. The number of hydrogen-bond acceptors (Lipinski definition) is 2. The van der Waals surface area contributed by atoms with Gasteiger partial charge >= 0.3 is 0 Å². The summed E-state index contributed by atoms with van der Waals surface area (Å²) in [7, 11) is 0. The van der Waals surface area contributed by atoms with Crippen molar-refractivity contribution >= 4 is 17.7 Å². The Hall–Kier alpha value is -0.820. The molecule has 0 aromatic rings. The van der Waals surface area contributed by atoms with Crippen LogP contribution in [0.1, 0.15) is 26.2 Å². The summed E-state index contributed by atoms with van der Waals surface area (Å²) < 4.78 is 0. The van der Waals surface area contributed by atoms with Gasteiger partial charge < -0.3 is 10.6 Å². The number of thioether (sulfide) groups is 1. The van der Waals surface area contributed by atoms with Gasteiger partial charge in [-0.3, -0.25) is 0 Å². The number of nitrogens with zero attached hydrogens (tertiary/aromatic N) is 1. The van der Waals surface area contributed by atoms with E-state index in [1.807, 2.05) is 11.8 Å². The van der Waals surface area contributed by atoms with Crippen LogP contribution in [0, 0.1) is 12.3 Å². The third kappa shape index (κ3) is 4.36. The Bertz CT molecular complexity index is 270. The molecule has 0 saturated heterocycles. The average molecular weight is 239 g/mol. The molecule has 0 radical (unpaired) electrons. The minimum absolute atomic E-state index is 0.439. The number of aliphatic imine (C=N–C) groups is 1. The lowest BCUT2D eigenvalue weighted by molar-refractivity contribution is 0.616. The van der Waals surface area contributed by atoms with E-state index < -0.39 is 0 Å². The zero-order chi connectivity index (χ0) is 11.8. The Morgan fingerprint density at radius 1 is 1.56 bits per heavy atom. The van der Waals surface area contributed by atoms with Crippen molar-refractivity contribution in [3.63, 3.8) is 0 Å². The normalized spacial score (nSPS) is 25.2. The topological polar surface area (TPSA) is 36.4 Å². The van der Waals surface area contributed by atoms with Crippen molar-refractivity contribution in [3.8, 4) is 12.3 Å². The van der Waals surface area contributed by atoms with Crippen LogP contribution >= 0.6 is 11.8 Å². The molecule has 1 saturated carbocycles. The van der Waals surface area contributed by atoms with Gasteiger partial charge in [0, 0.05) is 17.8 Å². The van der Waals surface area contributed by atoms with E-state index >= 15 is 0 Å². The molecule has 1 aliphatic carbocycles. The summed E-state index contributed by atoms with van der Waals surface area (Å²) >= 11 is 1.96. The van der Waals surface area contributed by atoms with Crippen LogP contribution in [0.25, 0.3) is 0 Å². The lowest BCUT2D eigenvalue weighted by Gasteiger charge is -2.16. The minimum atomic E-state index is 0.439. The average Bonchev–Trinajstić information content (AvgIpc) is 2.74. The fourth-order valence-corrected chi connectivity index (χ4v) is 2.72. The first-order valence-corrected chi connectivity index (χ1v) is 7.10. The van der Waals surface area contributed by atoms with Crippen LogP contribution in [0.3, 0.4) is 0 Å². The van der Waals surface area contributed by atoms with Crippen molar-refractivity contribution in [2.75, 3.05) is 19.3 Å². The summed E-state index contributed by atoms with van der Waals surface area (Å²) in [5.41, 5.74) is 0. The van der Waals surface area contributed by atoms with Gasteiger partial charge in [-0.1, -0.05) is 5.92 Å². The lowest BCUT2D eigenvalue weighted by atomic mass is 10.2. The molecule has 0 aliphatic heterocycles. The van der Waals surface area contributed by atoms with Crippen LogP contribution in [-0.2, 0) is 0 Å². The number of hydrogen-bond donors (Lipinski definition) is 2. The van der Waals surface area contributed by atoms with Gasteiger partial charge in [-0.25, -0.2) is 4.99 Å². The molecule has 0 amide bonds. The summed E-state index contributed by atoms with van der Waals surface area (Å²) in [6.45, 7) is 3.37. The minimum Gasteiger partial charge on any atom is -0.357 e. The standard InChI is InChI=1S/C12H21N3S/c1-4-8-14-12(13-5-2)15-10-6-7-11(9-10)16-3/h1,10-11H,5-9H2,2-3H3,(H2,13,14,15). The summed E-state index contributed by atoms with van der Waals surface area (Å²) in [5, 5.41) is 7.46. The van der Waals surface area contributed by atoms with Crippen LogP contribution in [0.15, 0.2) is 4.99 Å². The zero-order valence-corrected chi connectivity index (χ0v) is 10.9. The van der Waals surface area contributed by atoms with Crippen LogP contribution < -0.4 is 10.6 Å². The van der Waals surface area contributed by atoms with Crippen molar-refractivity contribution < 1.29 is 0 Å². The summed E-state index contributed by atoms with van der Waals surface area (Å²) in [6.07, 6.45) is 11.1. The molecule has 2 atom stereocenters. The Morgan fingerprint density at radius 2 is 2.38 bits per heavy atom. The third-order valence-electron chi connectivity index (χ3n) is 2.73. The van der Waals surface area contributed by atoms with Crippen LogP contribution in [0.4, 0.5) is 0 Å². The van der Waals surface area contributed by atoms with Gasteiger partial charge in [0.05, 0.1) is 0 Å². The fourth-order valence-electron chi connectivity index (χ4n) is 1.92. The van der Waals surface area contributed by atoms with Gasteiger partial charge in [0.25, 0.3) is 0 Å². The Kier molecular flexibility index (Phi) is 6.17. The van der Waals surface area contributed by atoms with Gasteiger partial charge in [0.15, 0.2) is 5.96 Å². The third-order valence-corrected chi connectivity index (χ3v) is 3.83. The first-order chi connectivity index (χ1) is 7.80. The van der Waals surface area contributed by atoms with Crippen LogP contribution in [0.5, 0.6) is 0 Å². The van der Waals surface area contributed by atoms with E-state index in [4.69, 9.17) is 6.42 Å². The number of terminal acetylenes is 1. The maximum absolute atomic E-state index is 5.21. The van der Waals surface area contributed by atoms with Gasteiger partial charge in [0.2, 0.25) is 0 Å². The highest BCUT2D eigenvalue weighted by Crippen LogP contribution is 2.27. The van der Waals surface area contributed by atoms with Gasteiger partial charge in [-0.15, -0.1) is 6.42 Å². The first-order valence-electron chi connectivity index (χ1n) is 5.81. The maximum atomic E-state index is 5.21. The van der Waals surface area contributed by atoms with E-state index in [2.05, 4.69) is 34.7 Å². The second-order valence-electron chi connectivity index (χ2n) is 3.91. The molecule has 2 unspecified atom stereocenters. The van der Waals surface area contributed by atoms with E-state index in [0.29, 0.717) is 12.6 Å². The van der Waals surface area contributed by atoms with Crippen molar-refractivity contribution in [2.45, 2.75) is 37.5 Å². The number of nitrogens with one attached hydrogen (secondary N) is 2. The summed E-state index contributed by atoms with van der Waals surface area (Å²) in [6, 6.07) is 0.549. The van der Waals surface area contributed by atoms with E-state index in [-0.39, 0.29) is 0 Å². The molecule has 1 rings (SSSR count). The second kappa shape index (κ2) is 7.45. The van der Waals surface area contributed by atoms with Crippen molar-refractivity contribution in [1.82, 2.24) is 10.6 Å². The first kappa shape index (κ1) is 13.2. The highest BCUT2D eigenvalue weighted by atomic mass is 32.2. The molecular weight excluding hydrogens is 218 g/mol. The smallest absolute Gasteiger partial charge is 0.192 e. The van der Waals surface area contributed by atoms with Gasteiger partial charge in [-0.2, -0.15) is 11.8 Å². The Morgan fingerprint density at radius 3 is 2.94 bits per heavy atom.